The van der Waals surface area contributed by atoms with Crippen molar-refractivity contribution < 1.29 is 13.2 Å². The van der Waals surface area contributed by atoms with E-state index in [2.05, 4.69) is 20.5 Å². The Balaban J connectivity index is 1.55. The lowest BCUT2D eigenvalue weighted by Gasteiger charge is -2.34. The molecule has 25 heavy (non-hydrogen) atoms. The normalized spacial score (nSPS) is 21.1. The summed E-state index contributed by atoms with van der Waals surface area (Å²) in [6.07, 6.45) is 10.7. The first-order chi connectivity index (χ1) is 11.8. The number of carbonyl (C=O) groups is 1. The zero-order valence-electron chi connectivity index (χ0n) is 15.0. The van der Waals surface area contributed by atoms with Gasteiger partial charge in [-0.15, -0.1) is 0 Å². The standard InChI is InChI=1S/C17H28N4O3S/c1-13(19-25(2,23)24)17(22)20-9-6-15(7-10-20)16-18-8-11-21(16)12-14-4-3-5-14/h8,11,13-15,19H,3-7,9-10,12H2,1-2H3/t13-/m0/s1. The molecule has 1 atom stereocenters. The third-order valence-corrected chi connectivity index (χ3v) is 6.14. The van der Waals surface area contributed by atoms with Crippen molar-refractivity contribution in [1.82, 2.24) is 19.2 Å². The van der Waals surface area contributed by atoms with E-state index in [-0.39, 0.29) is 5.91 Å². The summed E-state index contributed by atoms with van der Waals surface area (Å²) in [7, 11) is -3.38. The topological polar surface area (TPSA) is 84.3 Å². The van der Waals surface area contributed by atoms with E-state index in [4.69, 9.17) is 0 Å². The molecule has 2 heterocycles. The van der Waals surface area contributed by atoms with Gasteiger partial charge in [0.1, 0.15) is 5.82 Å². The van der Waals surface area contributed by atoms with Crippen LogP contribution in [0.2, 0.25) is 0 Å². The molecule has 1 aromatic rings. The number of nitrogens with one attached hydrogen (secondary N) is 1. The highest BCUT2D eigenvalue weighted by atomic mass is 32.2. The molecule has 1 saturated carbocycles. The average molecular weight is 369 g/mol. The monoisotopic (exact) mass is 368 g/mol. The van der Waals surface area contributed by atoms with Crippen molar-refractivity contribution in [3.63, 3.8) is 0 Å². The number of likely N-dealkylation sites (tertiary alicyclic amines) is 1. The number of hydrogen-bond acceptors (Lipinski definition) is 4. The minimum Gasteiger partial charge on any atom is -0.341 e. The van der Waals surface area contributed by atoms with Crippen LogP contribution in [-0.4, -0.2) is 54.2 Å². The maximum Gasteiger partial charge on any atom is 0.240 e. The Morgan fingerprint density at radius 1 is 1.32 bits per heavy atom. The zero-order chi connectivity index (χ0) is 18.0. The van der Waals surface area contributed by atoms with Gasteiger partial charge in [-0.25, -0.2) is 18.1 Å². The maximum atomic E-state index is 12.4. The fourth-order valence-corrected chi connectivity index (χ4v) is 4.54. The highest BCUT2D eigenvalue weighted by Crippen LogP contribution is 2.31. The number of aromatic nitrogens is 2. The number of amides is 1. The number of imidazole rings is 1. The number of nitrogens with zero attached hydrogens (tertiary/aromatic N) is 3. The van der Waals surface area contributed by atoms with Gasteiger partial charge in [-0.3, -0.25) is 4.79 Å². The molecular formula is C17H28N4O3S. The van der Waals surface area contributed by atoms with Crippen molar-refractivity contribution in [2.24, 2.45) is 5.92 Å². The van der Waals surface area contributed by atoms with Gasteiger partial charge in [0.25, 0.3) is 0 Å². The summed E-state index contributed by atoms with van der Waals surface area (Å²) < 4.78 is 27.3. The highest BCUT2D eigenvalue weighted by molar-refractivity contribution is 7.88. The molecule has 0 spiro atoms. The van der Waals surface area contributed by atoms with Crippen molar-refractivity contribution in [3.05, 3.63) is 18.2 Å². The Labute approximate surface area is 149 Å². The summed E-state index contributed by atoms with van der Waals surface area (Å²) in [4.78, 5) is 18.7. The fraction of sp³-hybridized carbons (Fsp3) is 0.765. The van der Waals surface area contributed by atoms with E-state index in [1.807, 2.05) is 6.20 Å². The minimum atomic E-state index is -3.38. The largest absolute Gasteiger partial charge is 0.341 e. The van der Waals surface area contributed by atoms with E-state index in [0.717, 1.165) is 37.4 Å². The lowest BCUT2D eigenvalue weighted by Crippen LogP contribution is -2.49. The highest BCUT2D eigenvalue weighted by Gasteiger charge is 2.30. The Hall–Kier alpha value is -1.41. The molecule has 8 heteroatoms. The molecule has 1 aliphatic carbocycles. The molecule has 1 saturated heterocycles. The SMILES string of the molecule is C[C@H](NS(C)(=O)=O)C(=O)N1CCC(c2nccn2CC2CCC2)CC1. The van der Waals surface area contributed by atoms with Crippen LogP contribution in [0, 0.1) is 5.92 Å². The number of sulfonamides is 1. The van der Waals surface area contributed by atoms with E-state index in [1.165, 1.54) is 19.3 Å². The Kier molecular flexibility index (Phi) is 5.48. The van der Waals surface area contributed by atoms with Crippen LogP contribution >= 0.6 is 0 Å². The zero-order valence-corrected chi connectivity index (χ0v) is 15.8. The molecular weight excluding hydrogens is 340 g/mol. The predicted molar refractivity (Wildman–Crippen MR) is 95.6 cm³/mol. The summed E-state index contributed by atoms with van der Waals surface area (Å²) in [6, 6.07) is -0.716. The van der Waals surface area contributed by atoms with Gasteiger partial charge >= 0.3 is 0 Å². The Bertz CT molecular complexity index is 703. The van der Waals surface area contributed by atoms with Gasteiger partial charge in [-0.1, -0.05) is 6.42 Å². The van der Waals surface area contributed by atoms with Crippen LogP contribution in [0.1, 0.15) is 50.8 Å². The molecule has 0 aromatic carbocycles. The van der Waals surface area contributed by atoms with Crippen molar-refractivity contribution in [1.29, 1.82) is 0 Å². The fourth-order valence-electron chi connectivity index (χ4n) is 3.79. The Morgan fingerprint density at radius 2 is 2.00 bits per heavy atom. The molecule has 0 radical (unpaired) electrons. The van der Waals surface area contributed by atoms with Gasteiger partial charge in [-0.05, 0) is 38.5 Å². The molecule has 2 aliphatic rings. The van der Waals surface area contributed by atoms with Gasteiger partial charge in [0.05, 0.1) is 12.3 Å². The van der Waals surface area contributed by atoms with Gasteiger partial charge in [0, 0.05) is 37.9 Å². The smallest absolute Gasteiger partial charge is 0.240 e. The van der Waals surface area contributed by atoms with Gasteiger partial charge in [0.15, 0.2) is 0 Å². The number of hydrogen-bond donors (Lipinski definition) is 1. The van der Waals surface area contributed by atoms with E-state index in [1.54, 1.807) is 11.8 Å². The predicted octanol–water partition coefficient (Wildman–Crippen LogP) is 1.33. The van der Waals surface area contributed by atoms with Crippen molar-refractivity contribution >= 4 is 15.9 Å². The lowest BCUT2D eigenvalue weighted by atomic mass is 9.85. The Morgan fingerprint density at radius 3 is 2.56 bits per heavy atom. The first kappa shape index (κ1) is 18.4. The molecule has 1 aromatic heterocycles. The van der Waals surface area contributed by atoms with Crippen LogP contribution in [-0.2, 0) is 21.4 Å². The number of carbonyl (C=O) groups excluding carboxylic acids is 1. The van der Waals surface area contributed by atoms with Crippen LogP contribution in [0.3, 0.4) is 0 Å². The van der Waals surface area contributed by atoms with E-state index in [9.17, 15) is 13.2 Å². The van der Waals surface area contributed by atoms with Crippen LogP contribution < -0.4 is 4.72 Å². The molecule has 1 N–H and O–H groups in total. The second kappa shape index (κ2) is 7.45. The van der Waals surface area contributed by atoms with E-state index < -0.39 is 16.1 Å². The van der Waals surface area contributed by atoms with E-state index in [0.29, 0.717) is 19.0 Å². The van der Waals surface area contributed by atoms with Crippen molar-refractivity contribution in [2.75, 3.05) is 19.3 Å². The molecule has 1 amide bonds. The molecule has 0 unspecified atom stereocenters. The first-order valence-corrected chi connectivity index (χ1v) is 11.0. The van der Waals surface area contributed by atoms with Crippen LogP contribution in [0.4, 0.5) is 0 Å². The molecule has 7 nitrogen and oxygen atoms in total. The molecule has 1 aliphatic heterocycles. The molecule has 3 rings (SSSR count). The summed E-state index contributed by atoms with van der Waals surface area (Å²) in [6.45, 7) is 3.95. The van der Waals surface area contributed by atoms with Gasteiger partial charge in [0.2, 0.25) is 15.9 Å². The third kappa shape index (κ3) is 4.61. The van der Waals surface area contributed by atoms with Crippen LogP contribution in [0.5, 0.6) is 0 Å². The number of piperidine rings is 1. The summed E-state index contributed by atoms with van der Waals surface area (Å²) in [5.41, 5.74) is 0. The van der Waals surface area contributed by atoms with Crippen molar-refractivity contribution in [3.8, 4) is 0 Å². The first-order valence-electron chi connectivity index (χ1n) is 9.10. The van der Waals surface area contributed by atoms with Crippen molar-refractivity contribution in [2.45, 2.75) is 57.5 Å². The second-order valence-corrected chi connectivity index (χ2v) is 9.23. The molecule has 0 bridgehead atoms. The minimum absolute atomic E-state index is 0.151. The van der Waals surface area contributed by atoms with Crippen LogP contribution in [0.25, 0.3) is 0 Å². The summed E-state index contributed by atoms with van der Waals surface area (Å²) >= 11 is 0. The summed E-state index contributed by atoms with van der Waals surface area (Å²) in [5, 5.41) is 0. The van der Waals surface area contributed by atoms with Gasteiger partial charge < -0.3 is 9.47 Å². The van der Waals surface area contributed by atoms with E-state index >= 15 is 0 Å². The third-order valence-electron chi connectivity index (χ3n) is 5.36. The lowest BCUT2D eigenvalue weighted by molar-refractivity contribution is -0.133. The average Bonchev–Trinajstić information content (AvgIpc) is 2.97. The number of rotatable bonds is 6. The second-order valence-electron chi connectivity index (χ2n) is 7.45. The van der Waals surface area contributed by atoms with Gasteiger partial charge in [-0.2, -0.15) is 0 Å². The summed E-state index contributed by atoms with van der Waals surface area (Å²) in [5.74, 6) is 2.15. The molecule has 2 fully saturated rings. The molecule has 140 valence electrons. The maximum absolute atomic E-state index is 12.4. The van der Waals surface area contributed by atoms with Crippen LogP contribution in [0.15, 0.2) is 12.4 Å². The quantitative estimate of drug-likeness (QED) is 0.821.